The van der Waals surface area contributed by atoms with Crippen molar-refractivity contribution in [3.8, 4) is 0 Å². The van der Waals surface area contributed by atoms with Crippen molar-refractivity contribution in [1.82, 2.24) is 4.90 Å². The van der Waals surface area contributed by atoms with Crippen molar-refractivity contribution in [3.63, 3.8) is 0 Å². The van der Waals surface area contributed by atoms with Crippen LogP contribution in [0, 0.1) is 6.92 Å². The third kappa shape index (κ3) is 5.10. The third-order valence-electron chi connectivity index (χ3n) is 4.24. The Morgan fingerprint density at radius 2 is 1.91 bits per heavy atom. The highest BCUT2D eigenvalue weighted by atomic mass is 16.5. The highest BCUT2D eigenvalue weighted by Gasteiger charge is 2.47. The zero-order valence-electron chi connectivity index (χ0n) is 14.7. The van der Waals surface area contributed by atoms with Crippen molar-refractivity contribution < 1.29 is 14.6 Å². The largest absolute Gasteiger partial charge is 0.390 e. The summed E-state index contributed by atoms with van der Waals surface area (Å²) in [4.78, 5) is 14.1. The van der Waals surface area contributed by atoms with Gasteiger partial charge in [0.25, 0.3) is 0 Å². The molecule has 126 valence electrons. The Morgan fingerprint density at radius 1 is 1.41 bits per heavy atom. The minimum absolute atomic E-state index is 0.0346. The molecule has 0 aliphatic carbocycles. The summed E-state index contributed by atoms with van der Waals surface area (Å²) in [5.74, 6) is -0.0346. The fourth-order valence-electron chi connectivity index (χ4n) is 3.67. The first-order valence-electron chi connectivity index (χ1n) is 7.99. The molecule has 1 rings (SSSR count). The lowest BCUT2D eigenvalue weighted by Crippen LogP contribution is -2.63. The van der Waals surface area contributed by atoms with E-state index in [0.29, 0.717) is 13.0 Å². The molecule has 1 saturated heterocycles. The molecule has 0 spiro atoms. The molecule has 1 aliphatic rings. The summed E-state index contributed by atoms with van der Waals surface area (Å²) in [6.45, 7) is 19.6. The number of likely N-dealkylation sites (tertiary alicyclic amines) is 1. The highest BCUT2D eigenvalue weighted by Crippen LogP contribution is 2.39. The Kier molecular flexibility index (Phi) is 5.85. The molecule has 1 heterocycles. The summed E-state index contributed by atoms with van der Waals surface area (Å²) < 4.78 is 5.98. The van der Waals surface area contributed by atoms with Gasteiger partial charge in [-0.15, -0.1) is 0 Å². The van der Waals surface area contributed by atoms with Crippen LogP contribution in [0.3, 0.4) is 0 Å². The first-order valence-corrected chi connectivity index (χ1v) is 7.99. The molecule has 4 nitrogen and oxygen atoms in total. The zero-order valence-corrected chi connectivity index (χ0v) is 14.7. The molecule has 0 aromatic rings. The second-order valence-electron chi connectivity index (χ2n) is 7.86. The topological polar surface area (TPSA) is 49.8 Å². The van der Waals surface area contributed by atoms with Crippen molar-refractivity contribution in [3.05, 3.63) is 19.6 Å². The summed E-state index contributed by atoms with van der Waals surface area (Å²) >= 11 is 0. The van der Waals surface area contributed by atoms with Crippen LogP contribution in [-0.2, 0) is 9.53 Å². The maximum Gasteiger partial charge on any atom is 0.246 e. The van der Waals surface area contributed by atoms with Gasteiger partial charge in [0, 0.05) is 17.7 Å². The van der Waals surface area contributed by atoms with E-state index in [9.17, 15) is 9.90 Å². The number of hydrogen-bond donors (Lipinski definition) is 1. The van der Waals surface area contributed by atoms with Gasteiger partial charge in [0.2, 0.25) is 5.91 Å². The summed E-state index contributed by atoms with van der Waals surface area (Å²) in [6.07, 6.45) is 4.28. The van der Waals surface area contributed by atoms with E-state index in [-0.39, 0.29) is 23.1 Å². The number of carbonyl (C=O) groups is 1. The number of hydrogen-bond acceptors (Lipinski definition) is 3. The lowest BCUT2D eigenvalue weighted by molar-refractivity contribution is -0.153. The minimum Gasteiger partial charge on any atom is -0.390 e. The predicted molar refractivity (Wildman–Crippen MR) is 88.3 cm³/mol. The first-order chi connectivity index (χ1) is 9.89. The molecule has 2 radical (unpaired) electrons. The normalized spacial score (nSPS) is 21.7. The quantitative estimate of drug-likeness (QED) is 0.606. The van der Waals surface area contributed by atoms with E-state index in [1.807, 2.05) is 4.90 Å². The molecular weight excluding hydrogens is 278 g/mol. The molecule has 0 aromatic carbocycles. The molecule has 1 atom stereocenters. The van der Waals surface area contributed by atoms with E-state index >= 15 is 0 Å². The van der Waals surface area contributed by atoms with Crippen LogP contribution in [0.5, 0.6) is 0 Å². The second kappa shape index (κ2) is 6.71. The van der Waals surface area contributed by atoms with Crippen LogP contribution < -0.4 is 0 Å². The van der Waals surface area contributed by atoms with E-state index in [0.717, 1.165) is 19.3 Å². The number of ether oxygens (including phenoxy) is 1. The monoisotopic (exact) mass is 309 g/mol. The van der Waals surface area contributed by atoms with Crippen LogP contribution in [0.2, 0.25) is 0 Å². The third-order valence-corrected chi connectivity index (χ3v) is 4.24. The van der Waals surface area contributed by atoms with Gasteiger partial charge in [-0.3, -0.25) is 4.79 Å². The van der Waals surface area contributed by atoms with Crippen LogP contribution in [0.25, 0.3) is 0 Å². The molecule has 1 amide bonds. The molecule has 22 heavy (non-hydrogen) atoms. The number of nitrogens with zero attached hydrogens (tertiary/aromatic N) is 1. The maximum absolute atomic E-state index is 12.2. The molecule has 1 aliphatic heterocycles. The van der Waals surface area contributed by atoms with E-state index in [2.05, 4.69) is 34.3 Å². The number of rotatable bonds is 6. The summed E-state index contributed by atoms with van der Waals surface area (Å²) in [7, 11) is 0. The smallest absolute Gasteiger partial charge is 0.246 e. The van der Waals surface area contributed by atoms with Crippen molar-refractivity contribution in [1.29, 1.82) is 0 Å². The van der Waals surface area contributed by atoms with Crippen molar-refractivity contribution in [2.75, 3.05) is 6.61 Å². The van der Waals surface area contributed by atoms with Crippen molar-refractivity contribution in [2.24, 2.45) is 0 Å². The Balaban J connectivity index is 2.65. The van der Waals surface area contributed by atoms with Crippen LogP contribution in [0.15, 0.2) is 12.7 Å². The first kappa shape index (κ1) is 19.2. The van der Waals surface area contributed by atoms with Gasteiger partial charge in [-0.1, -0.05) is 6.58 Å². The van der Waals surface area contributed by atoms with Gasteiger partial charge in [0.1, 0.15) is 0 Å². The van der Waals surface area contributed by atoms with E-state index < -0.39 is 5.60 Å². The minimum atomic E-state index is -1.14. The van der Waals surface area contributed by atoms with Gasteiger partial charge >= 0.3 is 0 Å². The second-order valence-corrected chi connectivity index (χ2v) is 7.86. The van der Waals surface area contributed by atoms with E-state index in [4.69, 9.17) is 11.7 Å². The lowest BCUT2D eigenvalue weighted by atomic mass is 9.78. The fraction of sp³-hybridized carbons (Fsp3) is 0.778. The van der Waals surface area contributed by atoms with Crippen LogP contribution in [0.4, 0.5) is 0 Å². The van der Waals surface area contributed by atoms with Gasteiger partial charge in [0.15, 0.2) is 0 Å². The zero-order chi connectivity index (χ0) is 17.2. The molecule has 1 fully saturated rings. The van der Waals surface area contributed by atoms with Crippen LogP contribution in [-0.4, -0.2) is 45.3 Å². The average molecular weight is 309 g/mol. The van der Waals surface area contributed by atoms with Gasteiger partial charge in [-0.05, 0) is 73.3 Å². The Hall–Kier alpha value is -0.870. The predicted octanol–water partition coefficient (Wildman–Crippen LogP) is 2.98. The molecule has 0 bridgehead atoms. The molecule has 0 saturated carbocycles. The maximum atomic E-state index is 12.2. The van der Waals surface area contributed by atoms with Crippen LogP contribution in [0.1, 0.15) is 60.3 Å². The van der Waals surface area contributed by atoms with Gasteiger partial charge in [0.05, 0.1) is 11.7 Å². The average Bonchev–Trinajstić information content (AvgIpc) is 2.30. The summed E-state index contributed by atoms with van der Waals surface area (Å²) in [5.41, 5.74) is -1.70. The summed E-state index contributed by atoms with van der Waals surface area (Å²) in [5, 5.41) is 9.51. The fourth-order valence-corrected chi connectivity index (χ4v) is 3.67. The molecular formula is C18H31NO3. The summed E-state index contributed by atoms with van der Waals surface area (Å²) in [6, 6.07) is 0. The lowest BCUT2D eigenvalue weighted by Gasteiger charge is -2.54. The van der Waals surface area contributed by atoms with Gasteiger partial charge < -0.3 is 14.7 Å². The Bertz CT molecular complexity index is 389. The Labute approximate surface area is 135 Å². The highest BCUT2D eigenvalue weighted by molar-refractivity contribution is 5.88. The van der Waals surface area contributed by atoms with Crippen molar-refractivity contribution in [2.45, 2.75) is 83.1 Å². The number of aliphatic hydroxyl groups is 1. The molecule has 1 N–H and O–H groups in total. The molecule has 1 unspecified atom stereocenters. The van der Waals surface area contributed by atoms with Gasteiger partial charge in [-0.2, -0.15) is 0 Å². The SMILES string of the molecule is [CH]C(C)(O)CCCOC1CC(C)(C)N(C(=O)C=C)C(C)(C)C1. The molecule has 4 heteroatoms. The van der Waals surface area contributed by atoms with Gasteiger partial charge in [-0.25, -0.2) is 0 Å². The van der Waals surface area contributed by atoms with Crippen LogP contribution >= 0.6 is 0 Å². The van der Waals surface area contributed by atoms with E-state index in [1.165, 1.54) is 6.08 Å². The van der Waals surface area contributed by atoms with Crippen molar-refractivity contribution >= 4 is 5.91 Å². The number of piperidine rings is 1. The number of amides is 1. The standard InChI is InChI=1S/C18H31NO3/c1-8-15(20)19-16(2,3)12-14(13-17(19,4)5)22-11-9-10-18(6,7)21/h6,8,14,21H,1,9-13H2,2-5,7H3. The van der Waals surface area contributed by atoms with E-state index in [1.54, 1.807) is 6.92 Å². The number of carbonyl (C=O) groups excluding carboxylic acids is 1. The Morgan fingerprint density at radius 3 is 2.32 bits per heavy atom. The molecule has 0 aromatic heterocycles.